The summed E-state index contributed by atoms with van der Waals surface area (Å²) in [7, 11) is 0. The van der Waals surface area contributed by atoms with E-state index >= 15 is 0 Å². The molecular formula is C17H29N3O. The highest BCUT2D eigenvalue weighted by molar-refractivity contribution is 5.91. The normalized spacial score (nSPS) is 12.4. The van der Waals surface area contributed by atoms with Crippen molar-refractivity contribution in [1.29, 1.82) is 0 Å². The Morgan fingerprint density at radius 2 is 2.10 bits per heavy atom. The average Bonchev–Trinajstić information content (AvgIpc) is 2.46. The number of carbonyl (C=O) groups excluding carboxylic acids is 1. The Kier molecular flexibility index (Phi) is 7.23. The van der Waals surface area contributed by atoms with Crippen LogP contribution in [-0.4, -0.2) is 29.9 Å². The van der Waals surface area contributed by atoms with Gasteiger partial charge in [0.2, 0.25) is 5.91 Å². The molecule has 1 amide bonds. The van der Waals surface area contributed by atoms with Gasteiger partial charge in [0.05, 0.1) is 0 Å². The molecule has 0 radical (unpaired) electrons. The van der Waals surface area contributed by atoms with E-state index in [1.54, 1.807) is 0 Å². The molecular weight excluding hydrogens is 262 g/mol. The monoisotopic (exact) mass is 291 g/mol. The predicted octanol–water partition coefficient (Wildman–Crippen LogP) is 3.42. The minimum atomic E-state index is 0.0723. The van der Waals surface area contributed by atoms with Gasteiger partial charge < -0.3 is 16.0 Å². The molecule has 0 spiro atoms. The first-order valence-corrected chi connectivity index (χ1v) is 7.87. The number of rotatable bonds is 8. The van der Waals surface area contributed by atoms with Crippen molar-refractivity contribution in [3.63, 3.8) is 0 Å². The number of nitrogens with two attached hydrogens (primary N) is 1. The molecule has 0 aliphatic heterocycles. The van der Waals surface area contributed by atoms with Crippen LogP contribution in [-0.2, 0) is 4.79 Å². The van der Waals surface area contributed by atoms with E-state index in [-0.39, 0.29) is 5.91 Å². The Bertz CT molecular complexity index is 459. The summed E-state index contributed by atoms with van der Waals surface area (Å²) in [5, 5.41) is 2.96. The van der Waals surface area contributed by atoms with E-state index in [4.69, 9.17) is 5.73 Å². The first-order chi connectivity index (χ1) is 9.97. The van der Waals surface area contributed by atoms with Gasteiger partial charge in [0.1, 0.15) is 0 Å². The summed E-state index contributed by atoms with van der Waals surface area (Å²) < 4.78 is 0. The van der Waals surface area contributed by atoms with Crippen molar-refractivity contribution in [3.8, 4) is 0 Å². The Morgan fingerprint density at radius 1 is 1.38 bits per heavy atom. The van der Waals surface area contributed by atoms with Crippen molar-refractivity contribution in [2.45, 2.75) is 53.0 Å². The molecule has 0 aliphatic carbocycles. The van der Waals surface area contributed by atoms with E-state index in [2.05, 4.69) is 31.0 Å². The van der Waals surface area contributed by atoms with Gasteiger partial charge in [-0.1, -0.05) is 13.8 Å². The summed E-state index contributed by atoms with van der Waals surface area (Å²) in [6, 6.07) is 6.12. The van der Waals surface area contributed by atoms with Crippen LogP contribution < -0.4 is 11.1 Å². The van der Waals surface area contributed by atoms with Gasteiger partial charge in [-0.05, 0) is 63.5 Å². The van der Waals surface area contributed by atoms with E-state index < -0.39 is 0 Å². The van der Waals surface area contributed by atoms with Gasteiger partial charge in [-0.2, -0.15) is 0 Å². The molecule has 21 heavy (non-hydrogen) atoms. The summed E-state index contributed by atoms with van der Waals surface area (Å²) in [6.45, 7) is 10.6. The maximum Gasteiger partial charge on any atom is 0.224 e. The van der Waals surface area contributed by atoms with Crippen LogP contribution in [0, 0.1) is 6.92 Å². The topological polar surface area (TPSA) is 58.4 Å². The number of carbonyl (C=O) groups is 1. The van der Waals surface area contributed by atoms with E-state index in [1.165, 1.54) is 0 Å². The highest BCUT2D eigenvalue weighted by Crippen LogP contribution is 2.18. The molecule has 1 aromatic carbocycles. The fourth-order valence-electron chi connectivity index (χ4n) is 2.43. The summed E-state index contributed by atoms with van der Waals surface area (Å²) in [5.41, 5.74) is 8.28. The van der Waals surface area contributed by atoms with Crippen molar-refractivity contribution in [1.82, 2.24) is 4.90 Å². The first kappa shape index (κ1) is 17.5. The standard InChI is InChI=1S/C17H29N3O/c1-5-14(4)20(6-2)11-7-8-17(21)19-16-10-9-15(18)12-13(16)3/h9-10,12,14H,5-8,11,18H2,1-4H3,(H,19,21). The fourth-order valence-corrected chi connectivity index (χ4v) is 2.43. The molecule has 0 heterocycles. The van der Waals surface area contributed by atoms with Crippen LogP contribution >= 0.6 is 0 Å². The molecule has 118 valence electrons. The van der Waals surface area contributed by atoms with Crippen LogP contribution in [0.4, 0.5) is 11.4 Å². The first-order valence-electron chi connectivity index (χ1n) is 7.87. The molecule has 0 saturated heterocycles. The second-order valence-electron chi connectivity index (χ2n) is 5.61. The van der Waals surface area contributed by atoms with Crippen LogP contribution in [0.1, 0.15) is 45.6 Å². The Morgan fingerprint density at radius 3 is 2.67 bits per heavy atom. The quantitative estimate of drug-likeness (QED) is 0.722. The minimum Gasteiger partial charge on any atom is -0.399 e. The Hall–Kier alpha value is -1.55. The van der Waals surface area contributed by atoms with E-state index in [9.17, 15) is 4.79 Å². The van der Waals surface area contributed by atoms with Gasteiger partial charge in [-0.3, -0.25) is 4.79 Å². The number of amides is 1. The Balaban J connectivity index is 2.40. The number of nitrogen functional groups attached to an aromatic ring is 1. The van der Waals surface area contributed by atoms with Gasteiger partial charge in [0.15, 0.2) is 0 Å². The third-order valence-electron chi connectivity index (χ3n) is 3.99. The zero-order chi connectivity index (χ0) is 15.8. The molecule has 3 N–H and O–H groups in total. The van der Waals surface area contributed by atoms with Crippen LogP contribution in [0.5, 0.6) is 0 Å². The second-order valence-corrected chi connectivity index (χ2v) is 5.61. The van der Waals surface area contributed by atoms with E-state index in [1.807, 2.05) is 25.1 Å². The number of anilines is 2. The lowest BCUT2D eigenvalue weighted by molar-refractivity contribution is -0.116. The molecule has 0 aliphatic rings. The number of nitrogens with one attached hydrogen (secondary N) is 1. The molecule has 1 rings (SSSR count). The Labute approximate surface area is 128 Å². The smallest absolute Gasteiger partial charge is 0.224 e. The molecule has 4 nitrogen and oxygen atoms in total. The SMILES string of the molecule is CCC(C)N(CC)CCCC(=O)Nc1ccc(N)cc1C. The number of hydrogen-bond acceptors (Lipinski definition) is 3. The minimum absolute atomic E-state index is 0.0723. The van der Waals surface area contributed by atoms with Crippen molar-refractivity contribution in [2.24, 2.45) is 0 Å². The summed E-state index contributed by atoms with van der Waals surface area (Å²) >= 11 is 0. The molecule has 1 atom stereocenters. The molecule has 4 heteroatoms. The molecule has 0 bridgehead atoms. The largest absolute Gasteiger partial charge is 0.399 e. The predicted molar refractivity (Wildman–Crippen MR) is 90.5 cm³/mol. The maximum absolute atomic E-state index is 12.0. The summed E-state index contributed by atoms with van der Waals surface area (Å²) in [6.07, 6.45) is 2.58. The fraction of sp³-hybridized carbons (Fsp3) is 0.588. The zero-order valence-electron chi connectivity index (χ0n) is 13.8. The van der Waals surface area contributed by atoms with Crippen molar-refractivity contribution < 1.29 is 4.79 Å². The third-order valence-corrected chi connectivity index (χ3v) is 3.99. The van der Waals surface area contributed by atoms with Gasteiger partial charge in [0.25, 0.3) is 0 Å². The van der Waals surface area contributed by atoms with Crippen LogP contribution in [0.2, 0.25) is 0 Å². The van der Waals surface area contributed by atoms with Crippen LogP contribution in [0.15, 0.2) is 18.2 Å². The van der Waals surface area contributed by atoms with Crippen molar-refractivity contribution in [3.05, 3.63) is 23.8 Å². The number of aryl methyl sites for hydroxylation is 1. The second kappa shape index (κ2) is 8.67. The summed E-state index contributed by atoms with van der Waals surface area (Å²) in [4.78, 5) is 14.4. The van der Waals surface area contributed by atoms with E-state index in [0.717, 1.165) is 42.9 Å². The highest BCUT2D eigenvalue weighted by atomic mass is 16.1. The van der Waals surface area contributed by atoms with Crippen LogP contribution in [0.25, 0.3) is 0 Å². The van der Waals surface area contributed by atoms with Gasteiger partial charge >= 0.3 is 0 Å². The number of hydrogen-bond donors (Lipinski definition) is 2. The van der Waals surface area contributed by atoms with Gasteiger partial charge in [-0.15, -0.1) is 0 Å². The average molecular weight is 291 g/mol. The molecule has 1 unspecified atom stereocenters. The third kappa shape index (κ3) is 5.76. The lowest BCUT2D eigenvalue weighted by atomic mass is 10.1. The molecule has 0 aromatic heterocycles. The van der Waals surface area contributed by atoms with Gasteiger partial charge in [-0.25, -0.2) is 0 Å². The highest BCUT2D eigenvalue weighted by Gasteiger charge is 2.11. The molecule has 0 saturated carbocycles. The maximum atomic E-state index is 12.0. The lowest BCUT2D eigenvalue weighted by Crippen LogP contribution is -2.33. The zero-order valence-corrected chi connectivity index (χ0v) is 13.8. The summed E-state index contributed by atoms with van der Waals surface area (Å²) in [5.74, 6) is 0.0723. The molecule has 0 fully saturated rings. The number of benzene rings is 1. The molecule has 1 aromatic rings. The van der Waals surface area contributed by atoms with Gasteiger partial charge in [0, 0.05) is 23.8 Å². The van der Waals surface area contributed by atoms with Crippen LogP contribution in [0.3, 0.4) is 0 Å². The van der Waals surface area contributed by atoms with Crippen molar-refractivity contribution in [2.75, 3.05) is 24.1 Å². The van der Waals surface area contributed by atoms with E-state index in [0.29, 0.717) is 12.5 Å². The lowest BCUT2D eigenvalue weighted by Gasteiger charge is -2.26. The number of nitrogens with zero attached hydrogens (tertiary/aromatic N) is 1. The van der Waals surface area contributed by atoms with Crippen molar-refractivity contribution >= 4 is 17.3 Å².